The predicted molar refractivity (Wildman–Crippen MR) is 83.2 cm³/mol. The first-order valence-corrected chi connectivity index (χ1v) is 6.95. The molecule has 0 unspecified atom stereocenters. The molecule has 0 bridgehead atoms. The topological polar surface area (TPSA) is 60.0 Å². The van der Waals surface area contributed by atoms with E-state index in [1.54, 1.807) is 6.33 Å². The Balaban J connectivity index is 2.02. The Kier molecular flexibility index (Phi) is 4.81. The van der Waals surface area contributed by atoms with Crippen LogP contribution >= 0.6 is 12.2 Å². The molecule has 0 aliphatic rings. The monoisotopic (exact) mass is 289 g/mol. The summed E-state index contributed by atoms with van der Waals surface area (Å²) in [6, 6.07) is 8.01. The minimum absolute atomic E-state index is 0.431. The van der Waals surface area contributed by atoms with Crippen LogP contribution in [-0.2, 0) is 19.6 Å². The molecule has 2 aromatic rings. The van der Waals surface area contributed by atoms with Gasteiger partial charge in [0.05, 0.1) is 6.54 Å². The van der Waals surface area contributed by atoms with Gasteiger partial charge in [-0.2, -0.15) is 5.10 Å². The van der Waals surface area contributed by atoms with Crippen LogP contribution in [0.5, 0.6) is 0 Å². The summed E-state index contributed by atoms with van der Waals surface area (Å²) in [6.45, 7) is 4.46. The van der Waals surface area contributed by atoms with Crippen molar-refractivity contribution in [3.8, 4) is 0 Å². The second kappa shape index (κ2) is 6.58. The average molecular weight is 289 g/mol. The van der Waals surface area contributed by atoms with Gasteiger partial charge in [0.25, 0.3) is 0 Å². The van der Waals surface area contributed by atoms with Crippen LogP contribution in [0.4, 0.5) is 0 Å². The molecule has 0 atom stereocenters. The molecule has 106 valence electrons. The van der Waals surface area contributed by atoms with Crippen LogP contribution in [0.15, 0.2) is 30.6 Å². The smallest absolute Gasteiger partial charge is 0.140 e. The average Bonchev–Trinajstić information content (AvgIpc) is 2.86. The zero-order valence-corrected chi connectivity index (χ0v) is 12.6. The first-order valence-electron chi connectivity index (χ1n) is 6.54. The molecule has 0 spiro atoms. The molecule has 0 aliphatic heterocycles. The molecule has 0 fully saturated rings. The van der Waals surface area contributed by atoms with Gasteiger partial charge in [0.15, 0.2) is 0 Å². The van der Waals surface area contributed by atoms with Crippen LogP contribution in [0, 0.1) is 0 Å². The van der Waals surface area contributed by atoms with Crippen molar-refractivity contribution < 1.29 is 0 Å². The lowest BCUT2D eigenvalue weighted by Gasteiger charge is -2.16. The van der Waals surface area contributed by atoms with E-state index in [4.69, 9.17) is 18.0 Å². The standard InChI is InChI=1S/C14H19N5S/c1-3-19-13(16-10-17-19)9-18(2)8-11-5-4-6-12(7-11)14(15)20/h4-7,10H,3,8-9H2,1-2H3,(H2,15,20). The molecule has 0 amide bonds. The molecule has 1 aromatic heterocycles. The summed E-state index contributed by atoms with van der Waals surface area (Å²) in [5.74, 6) is 0.973. The number of thiocarbonyl (C=S) groups is 1. The normalized spacial score (nSPS) is 10.9. The van der Waals surface area contributed by atoms with Crippen LogP contribution in [0.2, 0.25) is 0 Å². The summed E-state index contributed by atoms with van der Waals surface area (Å²) in [4.78, 5) is 6.90. The fourth-order valence-electron chi connectivity index (χ4n) is 2.11. The maximum absolute atomic E-state index is 5.66. The maximum Gasteiger partial charge on any atom is 0.140 e. The van der Waals surface area contributed by atoms with Crippen LogP contribution < -0.4 is 5.73 Å². The molecular weight excluding hydrogens is 270 g/mol. The summed E-state index contributed by atoms with van der Waals surface area (Å²) in [5, 5.41) is 4.18. The molecular formula is C14H19N5S. The highest BCUT2D eigenvalue weighted by Gasteiger charge is 2.08. The van der Waals surface area contributed by atoms with Crippen molar-refractivity contribution in [2.24, 2.45) is 5.73 Å². The summed E-state index contributed by atoms with van der Waals surface area (Å²) in [5.41, 5.74) is 7.74. The van der Waals surface area contributed by atoms with Crippen LogP contribution in [0.25, 0.3) is 0 Å². The zero-order valence-electron chi connectivity index (χ0n) is 11.8. The highest BCUT2D eigenvalue weighted by Crippen LogP contribution is 2.09. The summed E-state index contributed by atoms with van der Waals surface area (Å²) in [6.07, 6.45) is 1.60. The van der Waals surface area contributed by atoms with Gasteiger partial charge in [0.1, 0.15) is 17.1 Å². The number of aromatic nitrogens is 3. The molecule has 0 aliphatic carbocycles. The van der Waals surface area contributed by atoms with E-state index >= 15 is 0 Å². The zero-order chi connectivity index (χ0) is 14.5. The van der Waals surface area contributed by atoms with E-state index in [1.807, 2.05) is 22.9 Å². The van der Waals surface area contributed by atoms with Crippen LogP contribution in [-0.4, -0.2) is 31.7 Å². The van der Waals surface area contributed by atoms with Gasteiger partial charge >= 0.3 is 0 Å². The Bertz CT molecular complexity index is 593. The number of rotatable bonds is 6. The first kappa shape index (κ1) is 14.6. The van der Waals surface area contributed by atoms with E-state index in [0.717, 1.165) is 31.0 Å². The SMILES string of the molecule is CCn1ncnc1CN(C)Cc1cccc(C(N)=S)c1. The molecule has 2 N–H and O–H groups in total. The number of benzene rings is 1. The minimum atomic E-state index is 0.431. The lowest BCUT2D eigenvalue weighted by molar-refractivity contribution is 0.303. The predicted octanol–water partition coefficient (Wildman–Crippen LogP) is 1.56. The quantitative estimate of drug-likeness (QED) is 0.818. The fourth-order valence-corrected chi connectivity index (χ4v) is 2.23. The van der Waals surface area contributed by atoms with E-state index in [0.29, 0.717) is 4.99 Å². The summed E-state index contributed by atoms with van der Waals surface area (Å²) in [7, 11) is 2.06. The third kappa shape index (κ3) is 3.61. The maximum atomic E-state index is 5.66. The van der Waals surface area contributed by atoms with Crippen LogP contribution in [0.1, 0.15) is 23.9 Å². The van der Waals surface area contributed by atoms with E-state index in [2.05, 4.69) is 35.0 Å². The summed E-state index contributed by atoms with van der Waals surface area (Å²) < 4.78 is 1.90. The van der Waals surface area contributed by atoms with Crippen molar-refractivity contribution in [3.63, 3.8) is 0 Å². The molecule has 1 aromatic carbocycles. The third-order valence-corrected chi connectivity index (χ3v) is 3.31. The molecule has 6 heteroatoms. The Morgan fingerprint density at radius 1 is 1.40 bits per heavy atom. The Labute approximate surface area is 124 Å². The lowest BCUT2D eigenvalue weighted by atomic mass is 10.1. The Morgan fingerprint density at radius 3 is 2.90 bits per heavy atom. The fraction of sp³-hybridized carbons (Fsp3) is 0.357. The minimum Gasteiger partial charge on any atom is -0.389 e. The van der Waals surface area contributed by atoms with Gasteiger partial charge in [-0.1, -0.05) is 30.4 Å². The van der Waals surface area contributed by atoms with Crippen molar-refractivity contribution in [1.82, 2.24) is 19.7 Å². The molecule has 0 saturated heterocycles. The van der Waals surface area contributed by atoms with Gasteiger partial charge in [-0.05, 0) is 25.6 Å². The summed E-state index contributed by atoms with van der Waals surface area (Å²) >= 11 is 5.00. The number of nitrogens with zero attached hydrogens (tertiary/aromatic N) is 4. The van der Waals surface area contributed by atoms with Crippen molar-refractivity contribution in [2.75, 3.05) is 7.05 Å². The molecule has 20 heavy (non-hydrogen) atoms. The van der Waals surface area contributed by atoms with Gasteiger partial charge in [0.2, 0.25) is 0 Å². The van der Waals surface area contributed by atoms with E-state index in [1.165, 1.54) is 5.56 Å². The Hall–Kier alpha value is -1.79. The van der Waals surface area contributed by atoms with E-state index in [-0.39, 0.29) is 0 Å². The van der Waals surface area contributed by atoms with Gasteiger partial charge < -0.3 is 5.73 Å². The largest absolute Gasteiger partial charge is 0.389 e. The molecule has 0 radical (unpaired) electrons. The highest BCUT2D eigenvalue weighted by atomic mass is 32.1. The first-order chi connectivity index (χ1) is 9.60. The van der Waals surface area contributed by atoms with Crippen molar-refractivity contribution in [3.05, 3.63) is 47.5 Å². The Morgan fingerprint density at radius 2 is 2.20 bits per heavy atom. The molecule has 0 saturated carbocycles. The number of hydrogen-bond acceptors (Lipinski definition) is 4. The van der Waals surface area contributed by atoms with Gasteiger partial charge in [-0.3, -0.25) is 4.90 Å². The highest BCUT2D eigenvalue weighted by molar-refractivity contribution is 7.80. The van der Waals surface area contributed by atoms with Crippen molar-refractivity contribution in [2.45, 2.75) is 26.6 Å². The number of hydrogen-bond donors (Lipinski definition) is 1. The van der Waals surface area contributed by atoms with Gasteiger partial charge in [-0.25, -0.2) is 9.67 Å². The van der Waals surface area contributed by atoms with Crippen LogP contribution in [0.3, 0.4) is 0 Å². The van der Waals surface area contributed by atoms with E-state index < -0.39 is 0 Å². The van der Waals surface area contributed by atoms with Gasteiger partial charge in [-0.15, -0.1) is 0 Å². The second-order valence-electron chi connectivity index (χ2n) is 4.73. The number of nitrogens with two attached hydrogens (primary N) is 1. The van der Waals surface area contributed by atoms with Gasteiger partial charge in [0, 0.05) is 18.7 Å². The number of aryl methyl sites for hydroxylation is 1. The second-order valence-corrected chi connectivity index (χ2v) is 5.17. The van der Waals surface area contributed by atoms with Crippen molar-refractivity contribution in [1.29, 1.82) is 0 Å². The third-order valence-electron chi connectivity index (χ3n) is 3.07. The molecule has 2 rings (SSSR count). The lowest BCUT2D eigenvalue weighted by Crippen LogP contribution is -2.20. The molecule has 5 nitrogen and oxygen atoms in total. The van der Waals surface area contributed by atoms with Crippen molar-refractivity contribution >= 4 is 17.2 Å². The molecule has 1 heterocycles. The van der Waals surface area contributed by atoms with E-state index in [9.17, 15) is 0 Å².